The Hall–Kier alpha value is -1.84. The third-order valence-corrected chi connectivity index (χ3v) is 2.23. The number of hydrogen-bond donors (Lipinski definition) is 1. The minimum absolute atomic E-state index is 0.185. The standard InChI is InChI=1S/C11H12N2O2/c1-7-3-4-8-9(5-7)13-10(12-8)6-11(14)15-2/h3-5H,6H2,1-2H3,(H,12,13). The summed E-state index contributed by atoms with van der Waals surface area (Å²) in [7, 11) is 1.37. The molecular formula is C11H12N2O2. The normalized spacial score (nSPS) is 10.5. The van der Waals surface area contributed by atoms with Crippen molar-refractivity contribution in [3.63, 3.8) is 0 Å². The number of aryl methyl sites for hydroxylation is 1. The van der Waals surface area contributed by atoms with Crippen LogP contribution in [0.1, 0.15) is 11.4 Å². The second-order valence-corrected chi connectivity index (χ2v) is 3.46. The summed E-state index contributed by atoms with van der Waals surface area (Å²) in [6.07, 6.45) is 0.185. The molecule has 1 aromatic carbocycles. The van der Waals surface area contributed by atoms with Crippen LogP contribution in [0.3, 0.4) is 0 Å². The first-order chi connectivity index (χ1) is 7.19. The van der Waals surface area contributed by atoms with E-state index in [1.54, 1.807) is 0 Å². The average Bonchev–Trinajstić information content (AvgIpc) is 2.59. The predicted octanol–water partition coefficient (Wildman–Crippen LogP) is 1.59. The number of aromatic nitrogens is 2. The summed E-state index contributed by atoms with van der Waals surface area (Å²) in [5.74, 6) is 0.355. The zero-order chi connectivity index (χ0) is 10.8. The topological polar surface area (TPSA) is 55.0 Å². The third kappa shape index (κ3) is 1.98. The molecule has 15 heavy (non-hydrogen) atoms. The lowest BCUT2D eigenvalue weighted by atomic mass is 10.2. The number of nitrogens with one attached hydrogen (secondary N) is 1. The summed E-state index contributed by atoms with van der Waals surface area (Å²) in [4.78, 5) is 18.4. The Balaban J connectivity index is 2.34. The Labute approximate surface area is 87.3 Å². The quantitative estimate of drug-likeness (QED) is 0.756. The van der Waals surface area contributed by atoms with Crippen LogP contribution in [0.2, 0.25) is 0 Å². The number of esters is 1. The summed E-state index contributed by atoms with van der Waals surface area (Å²) in [5, 5.41) is 0. The van der Waals surface area contributed by atoms with E-state index >= 15 is 0 Å². The molecule has 1 heterocycles. The molecule has 0 aliphatic rings. The third-order valence-electron chi connectivity index (χ3n) is 2.23. The Morgan fingerprint density at radius 2 is 2.33 bits per heavy atom. The van der Waals surface area contributed by atoms with Crippen molar-refractivity contribution in [3.8, 4) is 0 Å². The molecule has 78 valence electrons. The van der Waals surface area contributed by atoms with Gasteiger partial charge in [0.05, 0.1) is 18.1 Å². The molecule has 4 heteroatoms. The molecular weight excluding hydrogens is 192 g/mol. The highest BCUT2D eigenvalue weighted by Gasteiger charge is 2.07. The van der Waals surface area contributed by atoms with E-state index in [-0.39, 0.29) is 12.4 Å². The van der Waals surface area contributed by atoms with Crippen molar-refractivity contribution >= 4 is 17.0 Å². The van der Waals surface area contributed by atoms with Crippen LogP contribution in [0.4, 0.5) is 0 Å². The maximum atomic E-state index is 11.0. The number of benzene rings is 1. The van der Waals surface area contributed by atoms with Gasteiger partial charge in [-0.05, 0) is 24.6 Å². The Kier molecular flexibility index (Phi) is 2.41. The van der Waals surface area contributed by atoms with Crippen LogP contribution in [-0.4, -0.2) is 23.0 Å². The summed E-state index contributed by atoms with van der Waals surface area (Å²) in [6, 6.07) is 5.93. The fourth-order valence-corrected chi connectivity index (χ4v) is 1.47. The highest BCUT2D eigenvalue weighted by molar-refractivity contribution is 5.78. The van der Waals surface area contributed by atoms with Crippen molar-refractivity contribution in [2.75, 3.05) is 7.11 Å². The molecule has 1 aromatic heterocycles. The lowest BCUT2D eigenvalue weighted by molar-refractivity contribution is -0.139. The monoisotopic (exact) mass is 204 g/mol. The first kappa shape index (κ1) is 9.71. The molecule has 0 fully saturated rings. The number of H-pyrrole nitrogens is 1. The molecule has 0 radical (unpaired) electrons. The smallest absolute Gasteiger partial charge is 0.313 e. The minimum atomic E-state index is -0.286. The van der Waals surface area contributed by atoms with Crippen LogP contribution in [0, 0.1) is 6.92 Å². The number of imidazole rings is 1. The molecule has 0 bridgehead atoms. The summed E-state index contributed by atoms with van der Waals surface area (Å²) >= 11 is 0. The van der Waals surface area contributed by atoms with Crippen molar-refractivity contribution < 1.29 is 9.53 Å². The van der Waals surface area contributed by atoms with Crippen molar-refractivity contribution in [2.24, 2.45) is 0 Å². The maximum Gasteiger partial charge on any atom is 0.313 e. The summed E-state index contributed by atoms with van der Waals surface area (Å²) in [6.45, 7) is 2.01. The molecule has 4 nitrogen and oxygen atoms in total. The van der Waals surface area contributed by atoms with Gasteiger partial charge in [0.2, 0.25) is 0 Å². The number of carbonyl (C=O) groups excluding carboxylic acids is 1. The number of carbonyl (C=O) groups is 1. The van der Waals surface area contributed by atoms with Crippen molar-refractivity contribution in [1.82, 2.24) is 9.97 Å². The number of nitrogens with zero attached hydrogens (tertiary/aromatic N) is 1. The molecule has 0 atom stereocenters. The second-order valence-electron chi connectivity index (χ2n) is 3.46. The van der Waals surface area contributed by atoms with E-state index in [0.29, 0.717) is 5.82 Å². The Bertz CT molecular complexity index is 502. The highest BCUT2D eigenvalue weighted by atomic mass is 16.5. The minimum Gasteiger partial charge on any atom is -0.469 e. The SMILES string of the molecule is COC(=O)Cc1nc2ccc(C)cc2[nH]1. The number of aromatic amines is 1. The Morgan fingerprint density at radius 1 is 1.53 bits per heavy atom. The zero-order valence-corrected chi connectivity index (χ0v) is 8.70. The second kappa shape index (κ2) is 3.73. The van der Waals surface area contributed by atoms with Crippen molar-refractivity contribution in [3.05, 3.63) is 29.6 Å². The molecule has 0 unspecified atom stereocenters. The van der Waals surface area contributed by atoms with Crippen molar-refractivity contribution in [1.29, 1.82) is 0 Å². The first-order valence-corrected chi connectivity index (χ1v) is 4.71. The van der Waals surface area contributed by atoms with E-state index in [0.717, 1.165) is 16.6 Å². The van der Waals surface area contributed by atoms with Gasteiger partial charge >= 0.3 is 5.97 Å². The van der Waals surface area contributed by atoms with Crippen molar-refractivity contribution in [2.45, 2.75) is 13.3 Å². The summed E-state index contributed by atoms with van der Waals surface area (Å²) in [5.41, 5.74) is 2.99. The predicted molar refractivity (Wildman–Crippen MR) is 56.6 cm³/mol. The summed E-state index contributed by atoms with van der Waals surface area (Å²) < 4.78 is 4.57. The van der Waals surface area contributed by atoms with Gasteiger partial charge in [-0.1, -0.05) is 6.07 Å². The van der Waals surface area contributed by atoms with Gasteiger partial charge in [0.15, 0.2) is 0 Å². The maximum absolute atomic E-state index is 11.0. The van der Waals surface area contributed by atoms with Gasteiger partial charge in [0.1, 0.15) is 12.2 Å². The van der Waals surface area contributed by atoms with Crippen LogP contribution in [-0.2, 0) is 16.0 Å². The molecule has 0 saturated heterocycles. The highest BCUT2D eigenvalue weighted by Crippen LogP contribution is 2.13. The number of ether oxygens (including phenoxy) is 1. The zero-order valence-electron chi connectivity index (χ0n) is 8.70. The number of rotatable bonds is 2. The van der Waals surface area contributed by atoms with E-state index in [4.69, 9.17) is 0 Å². The van der Waals surface area contributed by atoms with Gasteiger partial charge in [-0.25, -0.2) is 4.98 Å². The molecule has 1 N–H and O–H groups in total. The van der Waals surface area contributed by atoms with Gasteiger partial charge in [0, 0.05) is 0 Å². The first-order valence-electron chi connectivity index (χ1n) is 4.71. The molecule has 2 aromatic rings. The van der Waals surface area contributed by atoms with Gasteiger partial charge in [-0.2, -0.15) is 0 Å². The lowest BCUT2D eigenvalue weighted by Gasteiger charge is -1.93. The van der Waals surface area contributed by atoms with E-state index in [2.05, 4.69) is 14.7 Å². The molecule has 0 aliphatic heterocycles. The average molecular weight is 204 g/mol. The molecule has 0 spiro atoms. The fourth-order valence-electron chi connectivity index (χ4n) is 1.47. The number of hydrogen-bond acceptors (Lipinski definition) is 3. The molecule has 0 amide bonds. The van der Waals surface area contributed by atoms with E-state index in [9.17, 15) is 4.79 Å². The number of methoxy groups -OCH3 is 1. The van der Waals surface area contributed by atoms with Crippen LogP contribution in [0.15, 0.2) is 18.2 Å². The molecule has 0 aliphatic carbocycles. The van der Waals surface area contributed by atoms with Crippen LogP contribution in [0.5, 0.6) is 0 Å². The number of fused-ring (bicyclic) bond motifs is 1. The largest absolute Gasteiger partial charge is 0.469 e. The lowest BCUT2D eigenvalue weighted by Crippen LogP contribution is -2.05. The van der Waals surface area contributed by atoms with Gasteiger partial charge in [-0.15, -0.1) is 0 Å². The van der Waals surface area contributed by atoms with Gasteiger partial charge in [-0.3, -0.25) is 4.79 Å². The van der Waals surface area contributed by atoms with Crippen LogP contribution in [0.25, 0.3) is 11.0 Å². The van der Waals surface area contributed by atoms with E-state index < -0.39 is 0 Å². The van der Waals surface area contributed by atoms with Gasteiger partial charge < -0.3 is 9.72 Å². The Morgan fingerprint density at radius 3 is 3.07 bits per heavy atom. The van der Waals surface area contributed by atoms with E-state index in [1.807, 2.05) is 25.1 Å². The van der Waals surface area contributed by atoms with Crippen LogP contribution >= 0.6 is 0 Å². The fraction of sp³-hybridized carbons (Fsp3) is 0.273. The molecule has 2 rings (SSSR count). The molecule has 0 saturated carbocycles. The van der Waals surface area contributed by atoms with Gasteiger partial charge in [0.25, 0.3) is 0 Å². The van der Waals surface area contributed by atoms with E-state index in [1.165, 1.54) is 7.11 Å². The van der Waals surface area contributed by atoms with Crippen LogP contribution < -0.4 is 0 Å².